The molecule has 0 aromatic carbocycles. The van der Waals surface area contributed by atoms with Crippen LogP contribution in [0.1, 0.15) is 32.1 Å². The first kappa shape index (κ1) is 17.4. The van der Waals surface area contributed by atoms with Crippen molar-refractivity contribution in [3.8, 4) is 0 Å². The van der Waals surface area contributed by atoms with Crippen molar-refractivity contribution in [2.75, 3.05) is 22.2 Å². The van der Waals surface area contributed by atoms with E-state index in [4.69, 9.17) is 0 Å². The van der Waals surface area contributed by atoms with Crippen molar-refractivity contribution in [2.24, 2.45) is 11.3 Å². The van der Waals surface area contributed by atoms with Crippen LogP contribution in [0, 0.1) is 11.3 Å². The van der Waals surface area contributed by atoms with Crippen LogP contribution in [-0.4, -0.2) is 45.3 Å². The normalized spacial score (nSPS) is 22.0. The summed E-state index contributed by atoms with van der Waals surface area (Å²) in [7, 11) is -2.89. The first-order valence-electron chi connectivity index (χ1n) is 7.04. The Morgan fingerprint density at radius 2 is 2.10 bits per heavy atom. The monoisotopic (exact) mass is 441 g/mol. The van der Waals surface area contributed by atoms with E-state index in [1.54, 1.807) is 6.33 Å². The highest BCUT2D eigenvalue weighted by molar-refractivity contribution is 9.09. The highest BCUT2D eigenvalue weighted by atomic mass is 79.9. The van der Waals surface area contributed by atoms with Gasteiger partial charge in [-0.2, -0.15) is 5.10 Å². The van der Waals surface area contributed by atoms with E-state index >= 15 is 0 Å². The van der Waals surface area contributed by atoms with Crippen molar-refractivity contribution >= 4 is 41.7 Å². The lowest BCUT2D eigenvalue weighted by Crippen LogP contribution is -2.38. The van der Waals surface area contributed by atoms with Crippen molar-refractivity contribution in [1.29, 1.82) is 0 Å². The minimum atomic E-state index is -2.89. The molecule has 0 aliphatic carbocycles. The first-order chi connectivity index (χ1) is 9.83. The maximum Gasteiger partial charge on any atom is 0.150 e. The van der Waals surface area contributed by atoms with Crippen molar-refractivity contribution < 1.29 is 8.42 Å². The Hall–Kier alpha value is 0.0500. The number of hydrogen-bond donors (Lipinski definition) is 0. The molecule has 0 radical (unpaired) electrons. The molecule has 1 fully saturated rings. The Labute approximate surface area is 143 Å². The summed E-state index contributed by atoms with van der Waals surface area (Å²) in [6.45, 7) is 4.14. The molecule has 120 valence electrons. The molecule has 1 aliphatic heterocycles. The van der Waals surface area contributed by atoms with Crippen LogP contribution >= 0.6 is 31.9 Å². The molecule has 1 aliphatic rings. The zero-order valence-electron chi connectivity index (χ0n) is 12.3. The van der Waals surface area contributed by atoms with Crippen LogP contribution in [0.5, 0.6) is 0 Å². The Morgan fingerprint density at radius 3 is 2.57 bits per heavy atom. The molecule has 2 rings (SSSR count). The van der Waals surface area contributed by atoms with Gasteiger partial charge in [-0.15, -0.1) is 0 Å². The summed E-state index contributed by atoms with van der Waals surface area (Å²) >= 11 is 7.21. The number of alkyl halides is 2. The molecule has 1 atom stereocenters. The fourth-order valence-corrected chi connectivity index (χ4v) is 7.10. The zero-order valence-corrected chi connectivity index (χ0v) is 16.3. The van der Waals surface area contributed by atoms with Crippen molar-refractivity contribution in [2.45, 2.75) is 32.7 Å². The van der Waals surface area contributed by atoms with Gasteiger partial charge in [0.2, 0.25) is 0 Å². The predicted molar refractivity (Wildman–Crippen MR) is 90.9 cm³/mol. The van der Waals surface area contributed by atoms with Crippen LogP contribution in [0.2, 0.25) is 0 Å². The molecular formula is C13H21Br2N3O2S. The van der Waals surface area contributed by atoms with Crippen LogP contribution in [-0.2, 0) is 16.3 Å². The van der Waals surface area contributed by atoms with Crippen LogP contribution in [0.3, 0.4) is 0 Å². The van der Waals surface area contributed by atoms with Gasteiger partial charge in [0, 0.05) is 28.5 Å². The molecule has 1 unspecified atom stereocenters. The fourth-order valence-electron chi connectivity index (χ4n) is 2.92. The van der Waals surface area contributed by atoms with Gasteiger partial charge in [0.05, 0.1) is 11.5 Å². The summed E-state index contributed by atoms with van der Waals surface area (Å²) in [5, 5.41) is 5.77. The summed E-state index contributed by atoms with van der Waals surface area (Å²) in [5.74, 6) is 1.66. The standard InChI is InChI=1S/C13H21Br2N3O2S/c1-10(2)18-12(16-9-17-18)5-13(7-14,8-15)11-3-4-21(19,20)6-11/h9-11H,3-8H2,1-2H3. The minimum absolute atomic E-state index is 0.150. The summed E-state index contributed by atoms with van der Waals surface area (Å²) in [6, 6.07) is 0.248. The van der Waals surface area contributed by atoms with E-state index in [-0.39, 0.29) is 23.1 Å². The average molecular weight is 443 g/mol. The molecule has 5 nitrogen and oxygen atoms in total. The zero-order chi connectivity index (χ0) is 15.7. The third-order valence-electron chi connectivity index (χ3n) is 4.28. The molecule has 0 saturated carbocycles. The summed E-state index contributed by atoms with van der Waals surface area (Å²) in [6.07, 6.45) is 3.03. The number of halogens is 2. The van der Waals surface area contributed by atoms with E-state index in [2.05, 4.69) is 55.8 Å². The van der Waals surface area contributed by atoms with Crippen molar-refractivity contribution in [1.82, 2.24) is 14.8 Å². The number of rotatable bonds is 6. The van der Waals surface area contributed by atoms with E-state index in [0.717, 1.165) is 29.3 Å². The molecule has 1 aromatic rings. The van der Waals surface area contributed by atoms with E-state index in [1.807, 2.05) is 4.68 Å². The molecule has 2 heterocycles. The molecule has 1 saturated heterocycles. The fraction of sp³-hybridized carbons (Fsp3) is 0.846. The SMILES string of the molecule is CC(C)n1ncnc1CC(CBr)(CBr)C1CCS(=O)(=O)C1. The van der Waals surface area contributed by atoms with Gasteiger partial charge in [0.1, 0.15) is 12.2 Å². The van der Waals surface area contributed by atoms with Gasteiger partial charge in [-0.3, -0.25) is 0 Å². The predicted octanol–water partition coefficient (Wildman–Crippen LogP) is 2.61. The summed E-state index contributed by atoms with van der Waals surface area (Å²) in [4.78, 5) is 4.39. The minimum Gasteiger partial charge on any atom is -0.248 e. The van der Waals surface area contributed by atoms with E-state index in [1.165, 1.54) is 0 Å². The number of nitrogens with zero attached hydrogens (tertiary/aromatic N) is 3. The molecule has 0 bridgehead atoms. The number of sulfone groups is 1. The van der Waals surface area contributed by atoms with Gasteiger partial charge in [-0.25, -0.2) is 18.1 Å². The molecular weight excluding hydrogens is 422 g/mol. The molecule has 21 heavy (non-hydrogen) atoms. The third kappa shape index (κ3) is 3.69. The third-order valence-corrected chi connectivity index (χ3v) is 8.28. The van der Waals surface area contributed by atoms with Crippen molar-refractivity contribution in [3.63, 3.8) is 0 Å². The topological polar surface area (TPSA) is 64.8 Å². The Morgan fingerprint density at radius 1 is 1.43 bits per heavy atom. The Bertz CT molecular complexity index is 582. The van der Waals surface area contributed by atoms with Gasteiger partial charge >= 0.3 is 0 Å². The molecule has 0 spiro atoms. The van der Waals surface area contributed by atoms with E-state index in [9.17, 15) is 8.42 Å². The molecule has 1 aromatic heterocycles. The van der Waals surface area contributed by atoms with Crippen LogP contribution in [0.25, 0.3) is 0 Å². The lowest BCUT2D eigenvalue weighted by molar-refractivity contribution is 0.242. The summed E-state index contributed by atoms with van der Waals surface area (Å²) in [5.41, 5.74) is -0.150. The second kappa shape index (κ2) is 6.66. The van der Waals surface area contributed by atoms with Gasteiger partial charge in [0.25, 0.3) is 0 Å². The smallest absolute Gasteiger partial charge is 0.150 e. The average Bonchev–Trinajstić information content (AvgIpc) is 3.02. The van der Waals surface area contributed by atoms with Gasteiger partial charge < -0.3 is 0 Å². The quantitative estimate of drug-likeness (QED) is 0.635. The lowest BCUT2D eigenvalue weighted by atomic mass is 9.75. The van der Waals surface area contributed by atoms with Crippen LogP contribution in [0.4, 0.5) is 0 Å². The summed E-state index contributed by atoms with van der Waals surface area (Å²) < 4.78 is 25.6. The second-order valence-corrected chi connectivity index (χ2v) is 9.47. The lowest BCUT2D eigenvalue weighted by Gasteiger charge is -2.35. The second-order valence-electron chi connectivity index (χ2n) is 6.12. The van der Waals surface area contributed by atoms with E-state index < -0.39 is 9.84 Å². The molecule has 0 amide bonds. The van der Waals surface area contributed by atoms with Crippen LogP contribution < -0.4 is 0 Å². The Balaban J connectivity index is 2.28. The van der Waals surface area contributed by atoms with Gasteiger partial charge in [-0.05, 0) is 26.2 Å². The van der Waals surface area contributed by atoms with Crippen molar-refractivity contribution in [3.05, 3.63) is 12.2 Å². The highest BCUT2D eigenvalue weighted by Crippen LogP contribution is 2.41. The molecule has 0 N–H and O–H groups in total. The maximum atomic E-state index is 11.8. The number of hydrogen-bond acceptors (Lipinski definition) is 4. The largest absolute Gasteiger partial charge is 0.248 e. The maximum absolute atomic E-state index is 11.8. The van der Waals surface area contributed by atoms with E-state index in [0.29, 0.717) is 5.75 Å². The highest BCUT2D eigenvalue weighted by Gasteiger charge is 2.44. The first-order valence-corrected chi connectivity index (χ1v) is 11.1. The van der Waals surface area contributed by atoms with Crippen LogP contribution in [0.15, 0.2) is 6.33 Å². The Kier molecular flexibility index (Phi) is 5.52. The number of aromatic nitrogens is 3. The van der Waals surface area contributed by atoms with Gasteiger partial charge in [0.15, 0.2) is 9.84 Å². The molecule has 8 heteroatoms. The van der Waals surface area contributed by atoms with Gasteiger partial charge in [-0.1, -0.05) is 31.9 Å².